The Morgan fingerprint density at radius 1 is 1.14 bits per heavy atom. The van der Waals surface area contributed by atoms with Crippen molar-refractivity contribution in [2.45, 2.75) is 45.4 Å². The number of ether oxygens (including phenoxy) is 2. The maximum absolute atomic E-state index is 12.7. The molecule has 0 fully saturated rings. The third-order valence-corrected chi connectivity index (χ3v) is 5.04. The van der Waals surface area contributed by atoms with Crippen molar-refractivity contribution in [3.8, 4) is 0 Å². The van der Waals surface area contributed by atoms with Gasteiger partial charge in [-0.2, -0.15) is 11.8 Å². The molecule has 0 saturated heterocycles. The Hall–Kier alpha value is -2.22. The Balaban J connectivity index is 2.71. The van der Waals surface area contributed by atoms with Crippen molar-refractivity contribution in [1.82, 2.24) is 10.6 Å². The van der Waals surface area contributed by atoms with Gasteiger partial charge in [0.05, 0.1) is 7.11 Å². The molecule has 28 heavy (non-hydrogen) atoms. The minimum absolute atomic E-state index is 0.0948. The van der Waals surface area contributed by atoms with E-state index in [9.17, 15) is 14.4 Å². The number of nitrogens with one attached hydrogen (secondary N) is 2. The Morgan fingerprint density at radius 3 is 2.39 bits per heavy atom. The minimum atomic E-state index is -0.799. The van der Waals surface area contributed by atoms with Crippen LogP contribution in [0.3, 0.4) is 0 Å². The number of rotatable bonds is 11. The molecule has 2 amide bonds. The van der Waals surface area contributed by atoms with Crippen molar-refractivity contribution >= 4 is 29.7 Å². The summed E-state index contributed by atoms with van der Waals surface area (Å²) >= 11 is 1.56. The third-order valence-electron chi connectivity index (χ3n) is 4.40. The van der Waals surface area contributed by atoms with Crippen LogP contribution in [-0.2, 0) is 25.7 Å². The monoisotopic (exact) mass is 410 g/mol. The number of carbonyl (C=O) groups is 3. The van der Waals surface area contributed by atoms with Gasteiger partial charge in [-0.1, -0.05) is 50.6 Å². The molecule has 0 aliphatic rings. The molecule has 0 aromatic heterocycles. The van der Waals surface area contributed by atoms with Gasteiger partial charge in [0, 0.05) is 0 Å². The van der Waals surface area contributed by atoms with Crippen LogP contribution in [0.1, 0.15) is 32.3 Å². The predicted molar refractivity (Wildman–Crippen MR) is 110 cm³/mol. The number of benzene rings is 1. The number of esters is 1. The van der Waals surface area contributed by atoms with E-state index in [1.54, 1.807) is 11.8 Å². The molecule has 2 unspecified atom stereocenters. The molecular formula is C20H30N2O5S. The number of alkyl carbamates (subject to hydrolysis) is 1. The molecule has 0 bridgehead atoms. The molecule has 156 valence electrons. The standard InChI is InChI=1S/C20H30N2O5S/c1-5-14(2)17(19(24)26-3)22-18(23)16(11-12-28-4)21-20(25)27-13-15-9-7-6-8-10-15/h6-10,14,16-17H,5,11-13H2,1-4H3,(H,21,25)(H,22,23)/t14?,16?,17-/m0/s1. The summed E-state index contributed by atoms with van der Waals surface area (Å²) in [5, 5.41) is 5.32. The van der Waals surface area contributed by atoms with E-state index in [2.05, 4.69) is 10.6 Å². The maximum atomic E-state index is 12.7. The van der Waals surface area contributed by atoms with Gasteiger partial charge < -0.3 is 20.1 Å². The van der Waals surface area contributed by atoms with E-state index in [-0.39, 0.29) is 12.5 Å². The summed E-state index contributed by atoms with van der Waals surface area (Å²) in [4.78, 5) is 36.9. The van der Waals surface area contributed by atoms with Gasteiger partial charge in [0.2, 0.25) is 5.91 Å². The quantitative estimate of drug-likeness (QED) is 0.545. The highest BCUT2D eigenvalue weighted by atomic mass is 32.2. The Labute approximate surface area is 170 Å². The van der Waals surface area contributed by atoms with Crippen LogP contribution in [0.2, 0.25) is 0 Å². The zero-order valence-electron chi connectivity index (χ0n) is 16.9. The van der Waals surface area contributed by atoms with Gasteiger partial charge in [-0.15, -0.1) is 0 Å². The van der Waals surface area contributed by atoms with E-state index in [4.69, 9.17) is 9.47 Å². The van der Waals surface area contributed by atoms with E-state index in [0.29, 0.717) is 18.6 Å². The molecule has 8 heteroatoms. The number of methoxy groups -OCH3 is 1. The summed E-state index contributed by atoms with van der Waals surface area (Å²) in [5.74, 6) is -0.356. The van der Waals surface area contributed by atoms with E-state index in [1.807, 2.05) is 50.4 Å². The van der Waals surface area contributed by atoms with Crippen LogP contribution in [0.4, 0.5) is 4.79 Å². The summed E-state index contributed by atoms with van der Waals surface area (Å²) in [6.45, 7) is 3.90. The molecule has 1 aromatic rings. The summed E-state index contributed by atoms with van der Waals surface area (Å²) < 4.78 is 10.00. The van der Waals surface area contributed by atoms with Crippen molar-refractivity contribution < 1.29 is 23.9 Å². The van der Waals surface area contributed by atoms with Gasteiger partial charge in [0.1, 0.15) is 18.7 Å². The number of hydrogen-bond donors (Lipinski definition) is 2. The number of amides is 2. The van der Waals surface area contributed by atoms with Crippen molar-refractivity contribution in [1.29, 1.82) is 0 Å². The number of thioether (sulfide) groups is 1. The van der Waals surface area contributed by atoms with Crippen LogP contribution in [0, 0.1) is 5.92 Å². The topological polar surface area (TPSA) is 93.7 Å². The molecule has 0 spiro atoms. The second-order valence-corrected chi connectivity index (χ2v) is 7.42. The highest BCUT2D eigenvalue weighted by molar-refractivity contribution is 7.98. The van der Waals surface area contributed by atoms with Gasteiger partial charge in [0.15, 0.2) is 0 Å². The average Bonchev–Trinajstić information content (AvgIpc) is 2.72. The lowest BCUT2D eigenvalue weighted by atomic mass is 9.98. The van der Waals surface area contributed by atoms with Crippen LogP contribution in [0.25, 0.3) is 0 Å². The van der Waals surface area contributed by atoms with E-state index in [0.717, 1.165) is 5.56 Å². The molecule has 7 nitrogen and oxygen atoms in total. The van der Waals surface area contributed by atoms with Crippen molar-refractivity contribution in [2.24, 2.45) is 5.92 Å². The Kier molecular flexibility index (Phi) is 11.1. The SMILES string of the molecule is CCC(C)[C@H](NC(=O)C(CCSC)NC(=O)OCc1ccccc1)C(=O)OC. The Morgan fingerprint density at radius 2 is 1.82 bits per heavy atom. The predicted octanol–water partition coefficient (Wildman–Crippen LogP) is 2.74. The van der Waals surface area contributed by atoms with Crippen molar-refractivity contribution in [3.63, 3.8) is 0 Å². The molecule has 0 aliphatic heterocycles. The number of hydrogen-bond acceptors (Lipinski definition) is 6. The third kappa shape index (κ3) is 8.21. The normalized spacial score (nSPS) is 13.7. The fourth-order valence-electron chi connectivity index (χ4n) is 2.46. The van der Waals surface area contributed by atoms with Crippen LogP contribution < -0.4 is 10.6 Å². The molecular weight excluding hydrogens is 380 g/mol. The van der Waals surface area contributed by atoms with E-state index in [1.165, 1.54) is 7.11 Å². The second kappa shape index (κ2) is 13.0. The molecule has 0 heterocycles. The zero-order valence-corrected chi connectivity index (χ0v) is 17.7. The van der Waals surface area contributed by atoms with Gasteiger partial charge in [0.25, 0.3) is 0 Å². The maximum Gasteiger partial charge on any atom is 0.408 e. The molecule has 1 aromatic carbocycles. The van der Waals surface area contributed by atoms with Crippen LogP contribution >= 0.6 is 11.8 Å². The fraction of sp³-hybridized carbons (Fsp3) is 0.550. The highest BCUT2D eigenvalue weighted by Gasteiger charge is 2.30. The first-order valence-corrected chi connectivity index (χ1v) is 10.7. The summed E-state index contributed by atoms with van der Waals surface area (Å²) in [6, 6.07) is 7.71. The fourth-order valence-corrected chi connectivity index (χ4v) is 2.93. The molecule has 1 rings (SSSR count). The first-order valence-electron chi connectivity index (χ1n) is 9.27. The lowest BCUT2D eigenvalue weighted by Gasteiger charge is -2.25. The van der Waals surface area contributed by atoms with Crippen LogP contribution in [0.5, 0.6) is 0 Å². The van der Waals surface area contributed by atoms with Crippen LogP contribution in [0.15, 0.2) is 30.3 Å². The molecule has 3 atom stereocenters. The lowest BCUT2D eigenvalue weighted by molar-refractivity contribution is -0.146. The summed E-state index contributed by atoms with van der Waals surface area (Å²) in [6.07, 6.45) is 2.35. The summed E-state index contributed by atoms with van der Waals surface area (Å²) in [5.41, 5.74) is 0.852. The molecule has 2 N–H and O–H groups in total. The second-order valence-electron chi connectivity index (χ2n) is 6.44. The summed E-state index contributed by atoms with van der Waals surface area (Å²) in [7, 11) is 1.29. The highest BCUT2D eigenvalue weighted by Crippen LogP contribution is 2.11. The number of carbonyl (C=O) groups excluding carboxylic acids is 3. The van der Waals surface area contributed by atoms with Gasteiger partial charge >= 0.3 is 12.1 Å². The molecule has 0 aliphatic carbocycles. The molecule has 0 saturated carbocycles. The van der Waals surface area contributed by atoms with Crippen molar-refractivity contribution in [3.05, 3.63) is 35.9 Å². The average molecular weight is 411 g/mol. The first kappa shape index (κ1) is 23.8. The largest absolute Gasteiger partial charge is 0.467 e. The van der Waals surface area contributed by atoms with E-state index >= 15 is 0 Å². The smallest absolute Gasteiger partial charge is 0.408 e. The lowest BCUT2D eigenvalue weighted by Crippen LogP contribution is -2.53. The first-order chi connectivity index (χ1) is 13.4. The van der Waals surface area contributed by atoms with Gasteiger partial charge in [-0.25, -0.2) is 9.59 Å². The van der Waals surface area contributed by atoms with E-state index < -0.39 is 30.1 Å². The van der Waals surface area contributed by atoms with Gasteiger partial charge in [-0.3, -0.25) is 4.79 Å². The Bertz CT molecular complexity index is 626. The zero-order chi connectivity index (χ0) is 20.9. The minimum Gasteiger partial charge on any atom is -0.467 e. The van der Waals surface area contributed by atoms with Gasteiger partial charge in [-0.05, 0) is 29.9 Å². The van der Waals surface area contributed by atoms with Crippen LogP contribution in [-0.4, -0.2) is 49.2 Å². The van der Waals surface area contributed by atoms with Crippen molar-refractivity contribution in [2.75, 3.05) is 19.1 Å². The molecule has 0 radical (unpaired) electrons.